The summed E-state index contributed by atoms with van der Waals surface area (Å²) in [6, 6.07) is 10.5. The second-order valence-electron chi connectivity index (χ2n) is 5.18. The van der Waals surface area contributed by atoms with E-state index in [1.54, 1.807) is 0 Å². The van der Waals surface area contributed by atoms with Gasteiger partial charge in [-0.15, -0.1) is 0 Å². The highest BCUT2D eigenvalue weighted by Gasteiger charge is 2.04. The van der Waals surface area contributed by atoms with E-state index in [0.717, 1.165) is 43.4 Å². The van der Waals surface area contributed by atoms with Crippen LogP contribution in [0.2, 0.25) is 0 Å². The fourth-order valence-corrected chi connectivity index (χ4v) is 2.21. The second kappa shape index (κ2) is 7.62. The Kier molecular flexibility index (Phi) is 5.55. The molecule has 0 aliphatic rings. The maximum atomic E-state index is 4.58. The normalized spacial score (nSPS) is 10.4. The molecule has 112 valence electrons. The quantitative estimate of drug-likeness (QED) is 0.812. The molecule has 0 saturated carbocycles. The summed E-state index contributed by atoms with van der Waals surface area (Å²) in [5.41, 5.74) is 2.53. The van der Waals surface area contributed by atoms with Gasteiger partial charge in [0.1, 0.15) is 17.5 Å². The van der Waals surface area contributed by atoms with Crippen molar-refractivity contribution in [2.75, 3.05) is 17.2 Å². The maximum Gasteiger partial charge on any atom is 0.133 e. The summed E-state index contributed by atoms with van der Waals surface area (Å²) in [4.78, 5) is 9.10. The first-order valence-corrected chi connectivity index (χ1v) is 7.62. The van der Waals surface area contributed by atoms with E-state index < -0.39 is 0 Å². The van der Waals surface area contributed by atoms with E-state index in [1.807, 2.05) is 6.07 Å². The first-order valence-electron chi connectivity index (χ1n) is 7.62. The van der Waals surface area contributed by atoms with Gasteiger partial charge in [0, 0.05) is 25.6 Å². The summed E-state index contributed by atoms with van der Waals surface area (Å²) in [7, 11) is 0. The fourth-order valence-electron chi connectivity index (χ4n) is 2.21. The van der Waals surface area contributed by atoms with Gasteiger partial charge < -0.3 is 10.6 Å². The predicted octanol–water partition coefficient (Wildman–Crippen LogP) is 3.78. The van der Waals surface area contributed by atoms with Crippen LogP contribution < -0.4 is 10.6 Å². The molecule has 0 unspecified atom stereocenters. The molecule has 2 N–H and O–H groups in total. The molecule has 0 spiro atoms. The molecular weight excluding hydrogens is 260 g/mol. The number of hydrogen-bond acceptors (Lipinski definition) is 4. The van der Waals surface area contributed by atoms with Gasteiger partial charge in [-0.1, -0.05) is 36.8 Å². The zero-order valence-corrected chi connectivity index (χ0v) is 13.1. The molecule has 2 aromatic rings. The van der Waals surface area contributed by atoms with Crippen molar-refractivity contribution in [3.8, 4) is 0 Å². The monoisotopic (exact) mass is 284 g/mol. The molecule has 4 nitrogen and oxygen atoms in total. The van der Waals surface area contributed by atoms with Crippen LogP contribution in [0.5, 0.6) is 0 Å². The second-order valence-corrected chi connectivity index (χ2v) is 5.18. The van der Waals surface area contributed by atoms with Gasteiger partial charge >= 0.3 is 0 Å². The van der Waals surface area contributed by atoms with Crippen molar-refractivity contribution in [3.63, 3.8) is 0 Å². The van der Waals surface area contributed by atoms with Gasteiger partial charge in [0.25, 0.3) is 0 Å². The molecule has 0 bridgehead atoms. The first kappa shape index (κ1) is 15.3. The maximum absolute atomic E-state index is 4.58. The van der Waals surface area contributed by atoms with Crippen LogP contribution in [0.25, 0.3) is 0 Å². The highest BCUT2D eigenvalue weighted by molar-refractivity contribution is 5.48. The number of anilines is 2. The van der Waals surface area contributed by atoms with Gasteiger partial charge in [-0.2, -0.15) is 0 Å². The molecule has 2 rings (SSSR count). The van der Waals surface area contributed by atoms with Crippen LogP contribution in [0.15, 0.2) is 30.3 Å². The van der Waals surface area contributed by atoms with Crippen LogP contribution in [0.4, 0.5) is 11.6 Å². The molecule has 21 heavy (non-hydrogen) atoms. The Labute approximate surface area is 127 Å². The zero-order chi connectivity index (χ0) is 15.1. The van der Waals surface area contributed by atoms with Gasteiger partial charge in [0.05, 0.1) is 0 Å². The van der Waals surface area contributed by atoms with Crippen molar-refractivity contribution in [2.24, 2.45) is 0 Å². The number of nitrogens with one attached hydrogen (secondary N) is 2. The minimum Gasteiger partial charge on any atom is -0.370 e. The number of aryl methyl sites for hydroxylation is 2. The average molecular weight is 284 g/mol. The summed E-state index contributed by atoms with van der Waals surface area (Å²) in [5, 5.41) is 6.66. The average Bonchev–Trinajstić information content (AvgIpc) is 2.46. The molecule has 0 fully saturated rings. The molecule has 0 atom stereocenters. The molecule has 0 saturated heterocycles. The van der Waals surface area contributed by atoms with Gasteiger partial charge in [0.2, 0.25) is 0 Å². The van der Waals surface area contributed by atoms with Crippen LogP contribution in [0, 0.1) is 6.92 Å². The van der Waals surface area contributed by atoms with E-state index >= 15 is 0 Å². The third-order valence-electron chi connectivity index (χ3n) is 3.16. The molecule has 1 heterocycles. The topological polar surface area (TPSA) is 49.8 Å². The van der Waals surface area contributed by atoms with Crippen LogP contribution in [-0.4, -0.2) is 16.5 Å². The molecular formula is C17H24N4. The molecule has 4 heteroatoms. The van der Waals surface area contributed by atoms with E-state index in [0.29, 0.717) is 0 Å². The summed E-state index contributed by atoms with van der Waals surface area (Å²) in [6.45, 7) is 7.96. The summed E-state index contributed by atoms with van der Waals surface area (Å²) >= 11 is 0. The van der Waals surface area contributed by atoms with E-state index in [9.17, 15) is 0 Å². The summed E-state index contributed by atoms with van der Waals surface area (Å²) < 4.78 is 0. The lowest BCUT2D eigenvalue weighted by molar-refractivity contribution is 0.834. The van der Waals surface area contributed by atoms with Crippen LogP contribution >= 0.6 is 0 Å². The first-order chi connectivity index (χ1) is 10.2. The number of aromatic nitrogens is 2. The van der Waals surface area contributed by atoms with Gasteiger partial charge in [0.15, 0.2) is 0 Å². The molecule has 0 aliphatic carbocycles. The Morgan fingerprint density at radius 3 is 2.43 bits per heavy atom. The third-order valence-corrected chi connectivity index (χ3v) is 3.16. The third kappa shape index (κ3) is 4.74. The molecule has 1 aromatic carbocycles. The minimum atomic E-state index is 0.774. The Morgan fingerprint density at radius 2 is 1.76 bits per heavy atom. The fraction of sp³-hybridized carbons (Fsp3) is 0.412. The molecule has 0 amide bonds. The van der Waals surface area contributed by atoms with E-state index in [4.69, 9.17) is 0 Å². The number of benzene rings is 1. The predicted molar refractivity (Wildman–Crippen MR) is 88.7 cm³/mol. The Balaban J connectivity index is 2.10. The zero-order valence-electron chi connectivity index (χ0n) is 13.1. The van der Waals surface area contributed by atoms with Gasteiger partial charge in [-0.3, -0.25) is 0 Å². The minimum absolute atomic E-state index is 0.774. The smallest absolute Gasteiger partial charge is 0.133 e. The molecule has 0 aliphatic heterocycles. The largest absolute Gasteiger partial charge is 0.370 e. The Hall–Kier alpha value is -2.10. The lowest BCUT2D eigenvalue weighted by atomic mass is 10.1. The van der Waals surface area contributed by atoms with E-state index in [1.165, 1.54) is 11.1 Å². The lowest BCUT2D eigenvalue weighted by Gasteiger charge is -2.11. The standard InChI is InChI=1S/C17H24N4/c1-4-7-15-20-16(18-5-2)11-17(21-15)19-12-14-9-6-8-13(3)10-14/h6,8-11H,4-5,7,12H2,1-3H3,(H2,18,19,20,21). The van der Waals surface area contributed by atoms with Gasteiger partial charge in [-0.05, 0) is 25.8 Å². The molecule has 0 radical (unpaired) electrons. The highest BCUT2D eigenvalue weighted by atomic mass is 15.1. The van der Waals surface area contributed by atoms with E-state index in [2.05, 4.69) is 65.6 Å². The van der Waals surface area contributed by atoms with Crippen LogP contribution in [-0.2, 0) is 13.0 Å². The number of nitrogens with zero attached hydrogens (tertiary/aromatic N) is 2. The molecule has 1 aromatic heterocycles. The highest BCUT2D eigenvalue weighted by Crippen LogP contribution is 2.14. The van der Waals surface area contributed by atoms with Crippen molar-refractivity contribution < 1.29 is 0 Å². The summed E-state index contributed by atoms with van der Waals surface area (Å²) in [5.74, 6) is 2.66. The number of rotatable bonds is 7. The van der Waals surface area contributed by atoms with Crippen molar-refractivity contribution in [1.82, 2.24) is 9.97 Å². The van der Waals surface area contributed by atoms with Crippen LogP contribution in [0.1, 0.15) is 37.2 Å². The van der Waals surface area contributed by atoms with Crippen molar-refractivity contribution in [3.05, 3.63) is 47.3 Å². The van der Waals surface area contributed by atoms with Crippen molar-refractivity contribution in [2.45, 2.75) is 40.2 Å². The SMILES string of the molecule is CCCc1nc(NCC)cc(NCc2cccc(C)c2)n1. The van der Waals surface area contributed by atoms with Gasteiger partial charge in [-0.25, -0.2) is 9.97 Å². The Morgan fingerprint density at radius 1 is 1.00 bits per heavy atom. The Bertz CT molecular complexity index is 557. The van der Waals surface area contributed by atoms with Crippen molar-refractivity contribution >= 4 is 11.6 Å². The lowest BCUT2D eigenvalue weighted by Crippen LogP contribution is -2.08. The van der Waals surface area contributed by atoms with Crippen molar-refractivity contribution in [1.29, 1.82) is 0 Å². The van der Waals surface area contributed by atoms with Crippen LogP contribution in [0.3, 0.4) is 0 Å². The van der Waals surface area contributed by atoms with E-state index in [-0.39, 0.29) is 0 Å². The number of hydrogen-bond donors (Lipinski definition) is 2. The summed E-state index contributed by atoms with van der Waals surface area (Å²) in [6.07, 6.45) is 1.95.